The second kappa shape index (κ2) is 11.8. The van der Waals surface area contributed by atoms with Gasteiger partial charge in [0.1, 0.15) is 24.4 Å². The van der Waals surface area contributed by atoms with Crippen LogP contribution in [0.4, 0.5) is 11.5 Å². The molecule has 8 heteroatoms. The second-order valence-corrected chi connectivity index (χ2v) is 6.78. The molecule has 164 valence electrons. The Labute approximate surface area is 185 Å². The third-order valence-corrected chi connectivity index (χ3v) is 4.37. The van der Waals surface area contributed by atoms with Gasteiger partial charge in [-0.2, -0.15) is 0 Å². The highest BCUT2D eigenvalue weighted by Gasteiger charge is 2.05. The highest BCUT2D eigenvalue weighted by molar-refractivity contribution is 5.87. The molecular formula is C24H23N3O5. The van der Waals surface area contributed by atoms with Crippen LogP contribution in [0.15, 0.2) is 79.0 Å². The summed E-state index contributed by atoms with van der Waals surface area (Å²) >= 11 is 0. The number of rotatable bonds is 11. The van der Waals surface area contributed by atoms with Crippen molar-refractivity contribution in [1.82, 2.24) is 4.98 Å². The van der Waals surface area contributed by atoms with Crippen LogP contribution >= 0.6 is 0 Å². The van der Waals surface area contributed by atoms with Crippen LogP contribution in [-0.2, 0) is 16.1 Å². The number of hydrogen-bond donors (Lipinski definition) is 1. The Balaban J connectivity index is 1.32. The van der Waals surface area contributed by atoms with Crippen molar-refractivity contribution in [2.24, 2.45) is 0 Å². The number of carbonyl (C=O) groups is 1. The molecule has 2 aromatic carbocycles. The first kappa shape index (κ1) is 22.5. The lowest BCUT2D eigenvalue weighted by molar-refractivity contribution is -0.385. The van der Waals surface area contributed by atoms with E-state index in [9.17, 15) is 14.9 Å². The average molecular weight is 433 g/mol. The first-order chi connectivity index (χ1) is 15.6. The van der Waals surface area contributed by atoms with Gasteiger partial charge in [-0.25, -0.2) is 9.78 Å². The molecule has 0 saturated carbocycles. The Morgan fingerprint density at radius 2 is 1.84 bits per heavy atom. The maximum Gasteiger partial charge on any atom is 0.330 e. The van der Waals surface area contributed by atoms with Crippen molar-refractivity contribution < 1.29 is 19.2 Å². The number of aromatic nitrogens is 1. The van der Waals surface area contributed by atoms with Crippen molar-refractivity contribution in [3.63, 3.8) is 0 Å². The van der Waals surface area contributed by atoms with Gasteiger partial charge in [0.25, 0.3) is 5.69 Å². The number of pyridine rings is 1. The molecule has 0 fully saturated rings. The Morgan fingerprint density at radius 3 is 2.53 bits per heavy atom. The van der Waals surface area contributed by atoms with E-state index >= 15 is 0 Å². The predicted octanol–water partition coefficient (Wildman–Crippen LogP) is 4.63. The van der Waals surface area contributed by atoms with Crippen molar-refractivity contribution in [2.45, 2.75) is 13.0 Å². The number of ether oxygens (including phenoxy) is 2. The lowest BCUT2D eigenvalue weighted by Crippen LogP contribution is -2.09. The quantitative estimate of drug-likeness (QED) is 0.155. The zero-order valence-electron chi connectivity index (χ0n) is 17.3. The summed E-state index contributed by atoms with van der Waals surface area (Å²) < 4.78 is 10.9. The fourth-order valence-corrected chi connectivity index (χ4v) is 2.69. The van der Waals surface area contributed by atoms with Crippen LogP contribution < -0.4 is 10.1 Å². The molecule has 0 radical (unpaired) electrons. The topological polar surface area (TPSA) is 104 Å². The molecule has 0 bridgehead atoms. The average Bonchev–Trinajstić information content (AvgIpc) is 2.83. The Bertz CT molecular complexity index is 1040. The van der Waals surface area contributed by atoms with Crippen LogP contribution in [-0.4, -0.2) is 29.0 Å². The third kappa shape index (κ3) is 7.56. The van der Waals surface area contributed by atoms with Gasteiger partial charge in [0, 0.05) is 18.7 Å². The molecule has 8 nitrogen and oxygen atoms in total. The zero-order chi connectivity index (χ0) is 22.6. The highest BCUT2D eigenvalue weighted by Crippen LogP contribution is 2.15. The van der Waals surface area contributed by atoms with Gasteiger partial charge in [0.15, 0.2) is 0 Å². The maximum atomic E-state index is 11.8. The molecule has 0 aliphatic carbocycles. The lowest BCUT2D eigenvalue weighted by atomic mass is 10.2. The molecule has 0 amide bonds. The smallest absolute Gasteiger partial charge is 0.330 e. The van der Waals surface area contributed by atoms with Crippen LogP contribution in [0.5, 0.6) is 5.75 Å². The summed E-state index contributed by atoms with van der Waals surface area (Å²) in [7, 11) is 0. The number of esters is 1. The lowest BCUT2D eigenvalue weighted by Gasteiger charge is -2.06. The molecular weight excluding hydrogens is 410 g/mol. The summed E-state index contributed by atoms with van der Waals surface area (Å²) in [6, 6.07) is 20.3. The maximum absolute atomic E-state index is 11.8. The normalized spacial score (nSPS) is 10.6. The van der Waals surface area contributed by atoms with Crippen LogP contribution in [0, 0.1) is 10.1 Å². The number of nitrogens with one attached hydrogen (secondary N) is 1. The van der Waals surface area contributed by atoms with E-state index in [0.717, 1.165) is 16.9 Å². The number of nitrogens with zero attached hydrogens (tertiary/aromatic N) is 2. The van der Waals surface area contributed by atoms with Crippen LogP contribution in [0.2, 0.25) is 0 Å². The third-order valence-electron chi connectivity index (χ3n) is 4.37. The highest BCUT2D eigenvalue weighted by atomic mass is 16.6. The molecule has 3 aromatic rings. The van der Waals surface area contributed by atoms with Gasteiger partial charge in [0.2, 0.25) is 0 Å². The number of nitro groups is 1. The number of anilines is 1. The van der Waals surface area contributed by atoms with Crippen LogP contribution in [0.1, 0.15) is 17.5 Å². The zero-order valence-corrected chi connectivity index (χ0v) is 17.3. The van der Waals surface area contributed by atoms with E-state index in [1.165, 1.54) is 24.4 Å². The summed E-state index contributed by atoms with van der Waals surface area (Å²) in [6.45, 7) is 1.26. The largest absolute Gasteiger partial charge is 0.489 e. The fourth-order valence-electron chi connectivity index (χ4n) is 2.69. The van der Waals surface area contributed by atoms with Crippen molar-refractivity contribution in [3.8, 4) is 5.75 Å². The van der Waals surface area contributed by atoms with Gasteiger partial charge < -0.3 is 14.8 Å². The molecule has 1 aromatic heterocycles. The summed E-state index contributed by atoms with van der Waals surface area (Å²) in [5.41, 5.74) is 1.89. The van der Waals surface area contributed by atoms with Crippen molar-refractivity contribution in [3.05, 3.63) is 100 Å². The first-order valence-electron chi connectivity index (χ1n) is 10.1. The Hall–Kier alpha value is -4.20. The minimum absolute atomic E-state index is 0.0642. The minimum atomic E-state index is -0.502. The summed E-state index contributed by atoms with van der Waals surface area (Å²) in [5, 5.41) is 13.6. The van der Waals surface area contributed by atoms with Gasteiger partial charge >= 0.3 is 5.97 Å². The van der Waals surface area contributed by atoms with Crippen LogP contribution in [0.25, 0.3) is 6.08 Å². The Kier molecular flexibility index (Phi) is 8.33. The van der Waals surface area contributed by atoms with Gasteiger partial charge in [-0.3, -0.25) is 10.1 Å². The van der Waals surface area contributed by atoms with Crippen molar-refractivity contribution in [1.29, 1.82) is 0 Å². The van der Waals surface area contributed by atoms with E-state index in [2.05, 4.69) is 10.3 Å². The number of benzene rings is 2. The standard InChI is InChI=1S/C24H23N3O5/c28-24(31-16-4-15-25-23-13-10-21(17-26-23)27(29)30)14-9-19-7-11-22(12-8-19)32-18-20-5-2-1-3-6-20/h1-3,5-14,17H,4,15-16,18H2,(H,25,26)/b14-9+. The second-order valence-electron chi connectivity index (χ2n) is 6.78. The van der Waals surface area contributed by atoms with Crippen molar-refractivity contribution >= 4 is 23.6 Å². The molecule has 0 spiro atoms. The number of hydrogen-bond acceptors (Lipinski definition) is 7. The minimum Gasteiger partial charge on any atom is -0.489 e. The summed E-state index contributed by atoms with van der Waals surface area (Å²) in [5.74, 6) is 0.851. The van der Waals surface area contributed by atoms with Crippen molar-refractivity contribution in [2.75, 3.05) is 18.5 Å². The molecule has 0 saturated heterocycles. The van der Waals surface area contributed by atoms with E-state index in [0.29, 0.717) is 25.4 Å². The number of carbonyl (C=O) groups excluding carboxylic acids is 1. The monoisotopic (exact) mass is 433 g/mol. The first-order valence-corrected chi connectivity index (χ1v) is 10.1. The molecule has 0 unspecified atom stereocenters. The molecule has 0 atom stereocenters. The van der Waals surface area contributed by atoms with Gasteiger partial charge in [-0.05, 0) is 41.8 Å². The molecule has 32 heavy (non-hydrogen) atoms. The van der Waals surface area contributed by atoms with E-state index < -0.39 is 10.9 Å². The summed E-state index contributed by atoms with van der Waals surface area (Å²) in [6.07, 6.45) is 4.83. The van der Waals surface area contributed by atoms with Gasteiger partial charge in [0.05, 0.1) is 11.5 Å². The molecule has 0 aliphatic heterocycles. The molecule has 0 aliphatic rings. The SMILES string of the molecule is O=C(/C=C/c1ccc(OCc2ccccc2)cc1)OCCCNc1ccc([N+](=O)[O-])cn1. The van der Waals surface area contributed by atoms with Gasteiger partial charge in [-0.1, -0.05) is 42.5 Å². The van der Waals surface area contributed by atoms with E-state index in [1.54, 1.807) is 6.08 Å². The van der Waals surface area contributed by atoms with E-state index in [4.69, 9.17) is 9.47 Å². The molecule has 1 N–H and O–H groups in total. The van der Waals surface area contributed by atoms with Crippen LogP contribution in [0.3, 0.4) is 0 Å². The fraction of sp³-hybridized carbons (Fsp3) is 0.167. The Morgan fingerprint density at radius 1 is 1.06 bits per heavy atom. The molecule has 3 rings (SSSR count). The van der Waals surface area contributed by atoms with E-state index in [1.807, 2.05) is 54.6 Å². The predicted molar refractivity (Wildman–Crippen MR) is 121 cm³/mol. The summed E-state index contributed by atoms with van der Waals surface area (Å²) in [4.78, 5) is 25.9. The van der Waals surface area contributed by atoms with E-state index in [-0.39, 0.29) is 12.3 Å². The molecule has 1 heterocycles. The van der Waals surface area contributed by atoms with Gasteiger partial charge in [-0.15, -0.1) is 0 Å².